The Morgan fingerprint density at radius 1 is 0.630 bits per heavy atom. The smallest absolute Gasteiger partial charge is 0.854 e. The van der Waals surface area contributed by atoms with Gasteiger partial charge in [-0.2, -0.15) is 0 Å². The third-order valence-corrected chi connectivity index (χ3v) is 7.14. The molecule has 0 aromatic heterocycles. The predicted molar refractivity (Wildman–Crippen MR) is 111 cm³/mol. The van der Waals surface area contributed by atoms with Crippen LogP contribution in [-0.4, -0.2) is 6.61 Å². The first kappa shape index (κ1) is 19.9. The molecule has 0 spiro atoms. The number of fused-ring (bicyclic) bond motifs is 1. The van der Waals surface area contributed by atoms with Crippen LogP contribution in [0.25, 0.3) is 10.8 Å². The van der Waals surface area contributed by atoms with Gasteiger partial charge in [-0.1, -0.05) is 91.0 Å². The Kier molecular flexibility index (Phi) is 6.89. The standard InChI is InChI=1S/C24H20OP.Li/c25-17-16-20-9-6-7-13-24(20)26(22-11-2-1-3-12-22)23-15-14-19-8-4-5-10-21(19)18-23;/h1-15,18H,16-17H2;/q-1;+1. The Bertz CT molecular complexity index is 1020. The Morgan fingerprint density at radius 3 is 2.07 bits per heavy atom. The molecule has 4 aromatic carbocycles. The van der Waals surface area contributed by atoms with E-state index in [4.69, 9.17) is 0 Å². The summed E-state index contributed by atoms with van der Waals surface area (Å²) < 4.78 is 0. The van der Waals surface area contributed by atoms with E-state index in [1.807, 2.05) is 6.07 Å². The van der Waals surface area contributed by atoms with Gasteiger partial charge in [0.05, 0.1) is 0 Å². The average Bonchev–Trinajstić information content (AvgIpc) is 2.70. The van der Waals surface area contributed by atoms with E-state index in [9.17, 15) is 5.11 Å². The third-order valence-electron chi connectivity index (χ3n) is 4.61. The van der Waals surface area contributed by atoms with Gasteiger partial charge in [-0.25, -0.2) is 0 Å². The summed E-state index contributed by atoms with van der Waals surface area (Å²) in [4.78, 5) is 0. The molecule has 0 N–H and O–H groups in total. The first-order valence-electron chi connectivity index (χ1n) is 8.87. The van der Waals surface area contributed by atoms with Gasteiger partial charge < -0.3 is 5.11 Å². The molecule has 3 heteroatoms. The van der Waals surface area contributed by atoms with Gasteiger partial charge >= 0.3 is 18.9 Å². The fraction of sp³-hybridized carbons (Fsp3) is 0.0833. The first-order chi connectivity index (χ1) is 12.9. The Morgan fingerprint density at radius 2 is 1.30 bits per heavy atom. The van der Waals surface area contributed by atoms with Crippen LogP contribution in [-0.2, 0) is 6.42 Å². The summed E-state index contributed by atoms with van der Waals surface area (Å²) in [7, 11) is -0.690. The Labute approximate surface area is 174 Å². The molecule has 1 nitrogen and oxygen atoms in total. The molecule has 0 heterocycles. The minimum atomic E-state index is -0.690. The van der Waals surface area contributed by atoms with Gasteiger partial charge in [0, 0.05) is 0 Å². The predicted octanol–water partition coefficient (Wildman–Crippen LogP) is 0.505. The van der Waals surface area contributed by atoms with Crippen molar-refractivity contribution in [3.8, 4) is 0 Å². The molecule has 4 aromatic rings. The quantitative estimate of drug-likeness (QED) is 0.375. The van der Waals surface area contributed by atoms with Gasteiger partial charge in [0.1, 0.15) is 0 Å². The van der Waals surface area contributed by atoms with E-state index in [-0.39, 0.29) is 25.5 Å². The summed E-state index contributed by atoms with van der Waals surface area (Å²) in [5.41, 5.74) is 1.17. The fourth-order valence-corrected chi connectivity index (χ4v) is 5.90. The van der Waals surface area contributed by atoms with E-state index >= 15 is 0 Å². The second kappa shape index (κ2) is 9.36. The van der Waals surface area contributed by atoms with Crippen molar-refractivity contribution in [2.24, 2.45) is 0 Å². The van der Waals surface area contributed by atoms with Crippen LogP contribution in [0.1, 0.15) is 5.56 Å². The van der Waals surface area contributed by atoms with Crippen LogP contribution in [0.3, 0.4) is 0 Å². The van der Waals surface area contributed by atoms with Gasteiger partial charge in [0.2, 0.25) is 0 Å². The summed E-state index contributed by atoms with van der Waals surface area (Å²) in [5.74, 6) is 0. The zero-order chi connectivity index (χ0) is 17.8. The van der Waals surface area contributed by atoms with E-state index in [1.165, 1.54) is 32.2 Å². The normalized spacial score (nSPS) is 11.7. The molecule has 0 fully saturated rings. The summed E-state index contributed by atoms with van der Waals surface area (Å²) in [6, 6.07) is 34.3. The van der Waals surface area contributed by atoms with Crippen molar-refractivity contribution in [2.45, 2.75) is 6.42 Å². The third kappa shape index (κ3) is 4.35. The molecule has 0 radical (unpaired) electrons. The second-order valence-corrected chi connectivity index (χ2v) is 8.47. The van der Waals surface area contributed by atoms with Crippen molar-refractivity contribution in [1.29, 1.82) is 0 Å². The van der Waals surface area contributed by atoms with Crippen LogP contribution < -0.4 is 39.9 Å². The molecule has 1 unspecified atom stereocenters. The van der Waals surface area contributed by atoms with Crippen molar-refractivity contribution in [2.75, 3.05) is 6.61 Å². The summed E-state index contributed by atoms with van der Waals surface area (Å²) >= 11 is 0. The molecule has 4 rings (SSSR count). The summed E-state index contributed by atoms with van der Waals surface area (Å²) in [6.45, 7) is -0.0767. The molecule has 128 valence electrons. The largest absolute Gasteiger partial charge is 1.00 e. The SMILES string of the molecule is [Li+].[O-]CCc1ccccc1P(c1ccccc1)c1ccc2ccccc2c1. The summed E-state index contributed by atoms with van der Waals surface area (Å²) in [5, 5.41) is 17.8. The zero-order valence-electron chi connectivity index (χ0n) is 15.5. The van der Waals surface area contributed by atoms with Gasteiger partial charge in [0.25, 0.3) is 0 Å². The Hall–Kier alpha value is -1.87. The number of benzene rings is 4. The molecule has 0 aliphatic rings. The zero-order valence-corrected chi connectivity index (χ0v) is 16.4. The van der Waals surface area contributed by atoms with Gasteiger partial charge in [0.15, 0.2) is 0 Å². The maximum Gasteiger partial charge on any atom is 1.00 e. The maximum atomic E-state index is 11.3. The molecule has 1 atom stereocenters. The van der Waals surface area contributed by atoms with Crippen molar-refractivity contribution >= 4 is 34.6 Å². The van der Waals surface area contributed by atoms with Crippen LogP contribution in [0.15, 0.2) is 97.1 Å². The van der Waals surface area contributed by atoms with Crippen molar-refractivity contribution in [3.63, 3.8) is 0 Å². The number of rotatable bonds is 5. The van der Waals surface area contributed by atoms with Gasteiger partial charge in [-0.15, -0.1) is 6.61 Å². The van der Waals surface area contributed by atoms with Crippen molar-refractivity contribution < 1.29 is 24.0 Å². The molecule has 0 saturated heterocycles. The van der Waals surface area contributed by atoms with Crippen LogP contribution >= 0.6 is 7.92 Å². The fourth-order valence-electron chi connectivity index (χ4n) is 3.37. The molecule has 0 bridgehead atoms. The van der Waals surface area contributed by atoms with E-state index in [2.05, 4.69) is 91.0 Å². The van der Waals surface area contributed by atoms with Crippen molar-refractivity contribution in [3.05, 3.63) is 103 Å². The van der Waals surface area contributed by atoms with Crippen LogP contribution in [0, 0.1) is 0 Å². The molecule has 0 amide bonds. The van der Waals surface area contributed by atoms with Crippen LogP contribution in [0.2, 0.25) is 0 Å². The molecular formula is C24H20LiOP. The Balaban J connectivity index is 0.00000210. The van der Waals surface area contributed by atoms with Crippen LogP contribution in [0.5, 0.6) is 0 Å². The topological polar surface area (TPSA) is 23.1 Å². The van der Waals surface area contributed by atoms with E-state index in [1.54, 1.807) is 0 Å². The average molecular weight is 362 g/mol. The molecule has 27 heavy (non-hydrogen) atoms. The second-order valence-electron chi connectivity index (χ2n) is 6.29. The van der Waals surface area contributed by atoms with E-state index < -0.39 is 7.92 Å². The minimum Gasteiger partial charge on any atom is -0.854 e. The molecule has 0 saturated carbocycles. The monoisotopic (exact) mass is 362 g/mol. The molecular weight excluding hydrogens is 342 g/mol. The first-order valence-corrected chi connectivity index (χ1v) is 10.2. The number of hydrogen-bond acceptors (Lipinski definition) is 1. The van der Waals surface area contributed by atoms with Gasteiger partial charge in [-0.05, 0) is 52.7 Å². The molecule has 0 aliphatic heterocycles. The van der Waals surface area contributed by atoms with Crippen LogP contribution in [0.4, 0.5) is 0 Å². The summed E-state index contributed by atoms with van der Waals surface area (Å²) in [6.07, 6.45) is 0.579. The number of hydrogen-bond donors (Lipinski definition) is 0. The molecule has 0 aliphatic carbocycles. The van der Waals surface area contributed by atoms with E-state index in [0.29, 0.717) is 6.42 Å². The van der Waals surface area contributed by atoms with Crippen molar-refractivity contribution in [1.82, 2.24) is 0 Å². The van der Waals surface area contributed by atoms with E-state index in [0.717, 1.165) is 0 Å². The van der Waals surface area contributed by atoms with Gasteiger partial charge in [-0.3, -0.25) is 0 Å². The minimum absolute atomic E-state index is 0. The maximum absolute atomic E-state index is 11.3.